The van der Waals surface area contributed by atoms with Crippen molar-refractivity contribution in [1.29, 1.82) is 0 Å². The molecule has 1 aromatic heterocycles. The number of fused-ring (bicyclic) bond motifs is 1. The van der Waals surface area contributed by atoms with E-state index in [-0.39, 0.29) is 5.91 Å². The SMILES string of the molecule is CCC[C@@H]1CCc2c(sc(NC(=O)/C=C/c3cccc(Cl)c3)c2C(N)=O)C1. The zero-order chi connectivity index (χ0) is 19.4. The molecule has 0 bridgehead atoms. The van der Waals surface area contributed by atoms with Gasteiger partial charge in [-0.3, -0.25) is 9.59 Å². The van der Waals surface area contributed by atoms with Gasteiger partial charge in [-0.2, -0.15) is 0 Å². The van der Waals surface area contributed by atoms with Crippen LogP contribution in [0.4, 0.5) is 5.00 Å². The lowest BCUT2D eigenvalue weighted by molar-refractivity contribution is -0.111. The van der Waals surface area contributed by atoms with Crippen molar-refractivity contribution in [3.05, 3.63) is 56.9 Å². The highest BCUT2D eigenvalue weighted by atomic mass is 35.5. The average Bonchev–Trinajstić information content (AvgIpc) is 2.97. The van der Waals surface area contributed by atoms with Crippen LogP contribution in [0.3, 0.4) is 0 Å². The summed E-state index contributed by atoms with van der Waals surface area (Å²) in [5.41, 5.74) is 7.95. The standard InChI is InChI=1S/C21H23ClN2O2S/c1-2-4-13-7-9-16-17(12-13)27-21(19(16)20(23)26)24-18(25)10-8-14-5-3-6-15(22)11-14/h3,5-6,8,10-11,13H,2,4,7,9,12H2,1H3,(H2,23,26)(H,24,25)/b10-8+/t13-/m1/s1. The van der Waals surface area contributed by atoms with Gasteiger partial charge in [0.15, 0.2) is 0 Å². The van der Waals surface area contributed by atoms with E-state index in [2.05, 4.69) is 12.2 Å². The number of amides is 2. The second kappa shape index (κ2) is 8.72. The minimum atomic E-state index is -0.476. The van der Waals surface area contributed by atoms with Crippen molar-refractivity contribution in [1.82, 2.24) is 0 Å². The number of halogens is 1. The zero-order valence-corrected chi connectivity index (χ0v) is 16.8. The third kappa shape index (κ3) is 4.79. The monoisotopic (exact) mass is 402 g/mol. The maximum absolute atomic E-state index is 12.3. The fraction of sp³-hybridized carbons (Fsp3) is 0.333. The summed E-state index contributed by atoms with van der Waals surface area (Å²) < 4.78 is 0. The number of thiophene rings is 1. The van der Waals surface area contributed by atoms with Crippen molar-refractivity contribution in [3.63, 3.8) is 0 Å². The molecule has 0 saturated carbocycles. The largest absolute Gasteiger partial charge is 0.365 e. The number of carbonyl (C=O) groups is 2. The van der Waals surface area contributed by atoms with Crippen LogP contribution in [0.1, 0.15) is 52.5 Å². The Hall–Kier alpha value is -2.11. The zero-order valence-electron chi connectivity index (χ0n) is 15.3. The Morgan fingerprint density at radius 2 is 2.22 bits per heavy atom. The van der Waals surface area contributed by atoms with Crippen LogP contribution in [0.25, 0.3) is 6.08 Å². The predicted molar refractivity (Wildman–Crippen MR) is 112 cm³/mol. The van der Waals surface area contributed by atoms with Crippen LogP contribution in [0, 0.1) is 5.92 Å². The quantitative estimate of drug-likeness (QED) is 0.663. The molecule has 2 amide bonds. The first-order valence-electron chi connectivity index (χ1n) is 9.17. The number of hydrogen-bond donors (Lipinski definition) is 2. The van der Waals surface area contributed by atoms with Crippen LogP contribution in [0.15, 0.2) is 30.3 Å². The van der Waals surface area contributed by atoms with Gasteiger partial charge in [-0.1, -0.05) is 43.5 Å². The fourth-order valence-corrected chi connectivity index (χ4v) is 5.16. The molecule has 0 spiro atoms. The summed E-state index contributed by atoms with van der Waals surface area (Å²) in [5, 5.41) is 4.01. The minimum absolute atomic E-state index is 0.291. The van der Waals surface area contributed by atoms with E-state index < -0.39 is 5.91 Å². The molecule has 0 aliphatic heterocycles. The van der Waals surface area contributed by atoms with E-state index in [1.54, 1.807) is 18.2 Å². The van der Waals surface area contributed by atoms with Gasteiger partial charge in [-0.05, 0) is 54.5 Å². The second-order valence-electron chi connectivity index (χ2n) is 6.85. The van der Waals surface area contributed by atoms with E-state index in [1.165, 1.54) is 28.7 Å². The molecular formula is C21H23ClN2O2S. The van der Waals surface area contributed by atoms with Gasteiger partial charge in [0, 0.05) is 16.0 Å². The van der Waals surface area contributed by atoms with Crippen molar-refractivity contribution in [2.24, 2.45) is 11.7 Å². The highest BCUT2D eigenvalue weighted by molar-refractivity contribution is 7.17. The molecule has 1 aliphatic carbocycles. The molecule has 27 heavy (non-hydrogen) atoms. The molecule has 142 valence electrons. The molecule has 2 aromatic rings. The van der Waals surface area contributed by atoms with Crippen molar-refractivity contribution >= 4 is 45.8 Å². The summed E-state index contributed by atoms with van der Waals surface area (Å²) in [6, 6.07) is 7.24. The maximum Gasteiger partial charge on any atom is 0.251 e. The number of rotatable bonds is 6. The summed E-state index contributed by atoms with van der Waals surface area (Å²) in [5.74, 6) is -0.120. The van der Waals surface area contributed by atoms with E-state index in [9.17, 15) is 9.59 Å². The van der Waals surface area contributed by atoms with Crippen LogP contribution in [0.2, 0.25) is 5.02 Å². The van der Waals surface area contributed by atoms with E-state index in [1.807, 2.05) is 12.1 Å². The third-order valence-corrected chi connectivity index (χ3v) is 6.23. The van der Waals surface area contributed by atoms with Crippen LogP contribution < -0.4 is 11.1 Å². The van der Waals surface area contributed by atoms with E-state index >= 15 is 0 Å². The maximum atomic E-state index is 12.3. The first-order valence-corrected chi connectivity index (χ1v) is 10.4. The fourth-order valence-electron chi connectivity index (χ4n) is 3.59. The Morgan fingerprint density at radius 3 is 2.93 bits per heavy atom. The number of benzene rings is 1. The molecule has 1 aliphatic rings. The molecule has 0 radical (unpaired) electrons. The lowest BCUT2D eigenvalue weighted by atomic mass is 9.84. The molecule has 3 rings (SSSR count). The predicted octanol–water partition coefficient (Wildman–Crippen LogP) is 5.06. The van der Waals surface area contributed by atoms with Crippen LogP contribution >= 0.6 is 22.9 Å². The lowest BCUT2D eigenvalue weighted by Gasteiger charge is -2.21. The number of anilines is 1. The van der Waals surface area contributed by atoms with Gasteiger partial charge in [0.25, 0.3) is 5.91 Å². The lowest BCUT2D eigenvalue weighted by Crippen LogP contribution is -2.19. The van der Waals surface area contributed by atoms with Gasteiger partial charge < -0.3 is 11.1 Å². The minimum Gasteiger partial charge on any atom is -0.365 e. The highest BCUT2D eigenvalue weighted by Gasteiger charge is 2.28. The molecule has 1 aromatic carbocycles. The molecule has 3 N–H and O–H groups in total. The second-order valence-corrected chi connectivity index (χ2v) is 8.39. The summed E-state index contributed by atoms with van der Waals surface area (Å²) in [7, 11) is 0. The summed E-state index contributed by atoms with van der Waals surface area (Å²) in [6.45, 7) is 2.19. The highest BCUT2D eigenvalue weighted by Crippen LogP contribution is 2.40. The van der Waals surface area contributed by atoms with Crippen molar-refractivity contribution in [3.8, 4) is 0 Å². The smallest absolute Gasteiger partial charge is 0.251 e. The van der Waals surface area contributed by atoms with Crippen LogP contribution in [-0.4, -0.2) is 11.8 Å². The number of hydrogen-bond acceptors (Lipinski definition) is 3. The summed E-state index contributed by atoms with van der Waals surface area (Å²) in [4.78, 5) is 25.5. The Labute approximate surface area is 168 Å². The van der Waals surface area contributed by atoms with E-state index in [0.29, 0.717) is 21.5 Å². The number of primary amides is 1. The molecule has 1 heterocycles. The Kier molecular flexibility index (Phi) is 6.34. The normalized spacial score (nSPS) is 16.3. The molecule has 0 unspecified atom stereocenters. The molecule has 6 heteroatoms. The molecule has 4 nitrogen and oxygen atoms in total. The molecule has 0 fully saturated rings. The number of nitrogens with one attached hydrogen (secondary N) is 1. The molecule has 0 saturated heterocycles. The molecular weight excluding hydrogens is 380 g/mol. The van der Waals surface area contributed by atoms with E-state index in [0.717, 1.165) is 36.8 Å². The van der Waals surface area contributed by atoms with Crippen LogP contribution in [-0.2, 0) is 17.6 Å². The van der Waals surface area contributed by atoms with Crippen molar-refractivity contribution in [2.75, 3.05) is 5.32 Å². The van der Waals surface area contributed by atoms with Gasteiger partial charge in [0.05, 0.1) is 5.56 Å². The Morgan fingerprint density at radius 1 is 1.41 bits per heavy atom. The number of nitrogens with two attached hydrogens (primary N) is 1. The summed E-state index contributed by atoms with van der Waals surface area (Å²) >= 11 is 7.44. The van der Waals surface area contributed by atoms with Gasteiger partial charge in [-0.15, -0.1) is 11.3 Å². The summed E-state index contributed by atoms with van der Waals surface area (Å²) in [6.07, 6.45) is 8.36. The Balaban J connectivity index is 1.78. The van der Waals surface area contributed by atoms with Crippen LogP contribution in [0.5, 0.6) is 0 Å². The first-order chi connectivity index (χ1) is 13.0. The molecule has 1 atom stereocenters. The van der Waals surface area contributed by atoms with Crippen molar-refractivity contribution in [2.45, 2.75) is 39.0 Å². The van der Waals surface area contributed by atoms with Gasteiger partial charge in [-0.25, -0.2) is 0 Å². The average molecular weight is 403 g/mol. The Bertz CT molecular complexity index is 888. The van der Waals surface area contributed by atoms with E-state index in [4.69, 9.17) is 17.3 Å². The van der Waals surface area contributed by atoms with Gasteiger partial charge in [0.1, 0.15) is 5.00 Å². The topological polar surface area (TPSA) is 72.2 Å². The third-order valence-electron chi connectivity index (χ3n) is 4.82. The number of carbonyl (C=O) groups excluding carboxylic acids is 2. The van der Waals surface area contributed by atoms with Crippen molar-refractivity contribution < 1.29 is 9.59 Å². The van der Waals surface area contributed by atoms with Gasteiger partial charge >= 0.3 is 0 Å². The van der Waals surface area contributed by atoms with Gasteiger partial charge in [0.2, 0.25) is 5.91 Å². The first kappa shape index (κ1) is 19.6.